The predicted octanol–water partition coefficient (Wildman–Crippen LogP) is 4.20. The molecule has 2 heterocycles. The van der Waals surface area contributed by atoms with Crippen molar-refractivity contribution in [3.63, 3.8) is 0 Å². The average Bonchev–Trinajstić information content (AvgIpc) is 3.46. The molecule has 14 heteroatoms. The first-order valence-electron chi connectivity index (χ1n) is 9.33. The van der Waals surface area contributed by atoms with Crippen LogP contribution in [0.3, 0.4) is 0 Å². The number of hydrogen-bond acceptors (Lipinski definition) is 8. The second-order valence-electron chi connectivity index (χ2n) is 6.78. The van der Waals surface area contributed by atoms with E-state index in [2.05, 4.69) is 15.4 Å². The number of aromatic nitrogens is 3. The van der Waals surface area contributed by atoms with Crippen LogP contribution >= 0.6 is 11.3 Å². The number of non-ortho nitro benzene ring substituents is 1. The van der Waals surface area contributed by atoms with Crippen molar-refractivity contribution < 1.29 is 32.4 Å². The minimum atomic E-state index is -4.65. The zero-order chi connectivity index (χ0) is 24.5. The van der Waals surface area contributed by atoms with Crippen molar-refractivity contribution in [3.05, 3.63) is 75.7 Å². The molecule has 0 radical (unpaired) electrons. The van der Waals surface area contributed by atoms with Crippen LogP contribution in [0.4, 0.5) is 24.5 Å². The van der Waals surface area contributed by atoms with Gasteiger partial charge in [-0.25, -0.2) is 14.5 Å². The number of fused-ring (bicyclic) bond motifs is 1. The second kappa shape index (κ2) is 8.90. The van der Waals surface area contributed by atoms with Crippen molar-refractivity contribution in [2.45, 2.75) is 6.18 Å². The van der Waals surface area contributed by atoms with E-state index in [4.69, 9.17) is 4.74 Å². The van der Waals surface area contributed by atoms with Gasteiger partial charge >= 0.3 is 12.1 Å². The summed E-state index contributed by atoms with van der Waals surface area (Å²) in [7, 11) is 0. The third kappa shape index (κ3) is 4.85. The van der Waals surface area contributed by atoms with E-state index in [0.717, 1.165) is 34.2 Å². The number of halogens is 3. The quantitative estimate of drug-likeness (QED) is 0.243. The van der Waals surface area contributed by atoms with Crippen LogP contribution in [0.1, 0.15) is 15.2 Å². The first-order valence-corrected chi connectivity index (χ1v) is 10.1. The second-order valence-corrected chi connectivity index (χ2v) is 7.87. The van der Waals surface area contributed by atoms with Gasteiger partial charge in [0.05, 0.1) is 21.9 Å². The van der Waals surface area contributed by atoms with E-state index in [0.29, 0.717) is 10.1 Å². The van der Waals surface area contributed by atoms with Crippen LogP contribution < -0.4 is 5.32 Å². The van der Waals surface area contributed by atoms with Gasteiger partial charge in [0.2, 0.25) is 0 Å². The molecular weight excluding hydrogens is 479 g/mol. The number of thiophene rings is 1. The number of nitrogens with zero attached hydrogens (tertiary/aromatic N) is 4. The van der Waals surface area contributed by atoms with E-state index in [-0.39, 0.29) is 21.9 Å². The highest BCUT2D eigenvalue weighted by molar-refractivity contribution is 7.20. The van der Waals surface area contributed by atoms with Gasteiger partial charge in [0.25, 0.3) is 11.6 Å². The molecule has 0 unspecified atom stereocenters. The first-order chi connectivity index (χ1) is 16.1. The number of nitro groups is 1. The smallest absolute Gasteiger partial charge is 0.416 e. The number of esters is 1. The zero-order valence-corrected chi connectivity index (χ0v) is 17.6. The summed E-state index contributed by atoms with van der Waals surface area (Å²) in [6.45, 7) is -0.778. The molecule has 2 aromatic carbocycles. The third-order valence-electron chi connectivity index (χ3n) is 4.51. The Morgan fingerprint density at radius 1 is 1.18 bits per heavy atom. The van der Waals surface area contributed by atoms with Gasteiger partial charge in [0.15, 0.2) is 6.61 Å². The van der Waals surface area contributed by atoms with E-state index in [9.17, 15) is 32.9 Å². The normalized spacial score (nSPS) is 11.4. The van der Waals surface area contributed by atoms with Crippen LogP contribution in [0.2, 0.25) is 0 Å². The van der Waals surface area contributed by atoms with E-state index < -0.39 is 35.1 Å². The van der Waals surface area contributed by atoms with Gasteiger partial charge in [0.1, 0.15) is 17.5 Å². The summed E-state index contributed by atoms with van der Waals surface area (Å²) >= 11 is 1.01. The Bertz CT molecular complexity index is 1400. The molecule has 0 fully saturated rings. The Labute approximate surface area is 191 Å². The molecule has 0 aliphatic carbocycles. The maximum absolute atomic E-state index is 13.1. The fourth-order valence-corrected chi connectivity index (χ4v) is 3.92. The third-order valence-corrected chi connectivity index (χ3v) is 5.61. The number of nitrogens with one attached hydrogen (secondary N) is 1. The molecule has 174 valence electrons. The highest BCUT2D eigenvalue weighted by Gasteiger charge is 2.31. The number of benzene rings is 2. The van der Waals surface area contributed by atoms with Gasteiger partial charge in [0, 0.05) is 22.2 Å². The highest BCUT2D eigenvalue weighted by Crippen LogP contribution is 2.33. The Morgan fingerprint density at radius 3 is 2.65 bits per heavy atom. The van der Waals surface area contributed by atoms with Crippen LogP contribution in [0.5, 0.6) is 0 Å². The van der Waals surface area contributed by atoms with Gasteiger partial charge in [-0.1, -0.05) is 0 Å². The molecule has 0 atom stereocenters. The fraction of sp³-hybridized carbons (Fsp3) is 0.100. The highest BCUT2D eigenvalue weighted by atomic mass is 32.1. The van der Waals surface area contributed by atoms with Crippen LogP contribution in [-0.4, -0.2) is 38.2 Å². The number of ether oxygens (including phenoxy) is 1. The summed E-state index contributed by atoms with van der Waals surface area (Å²) in [4.78, 5) is 38.8. The molecule has 1 N–H and O–H groups in total. The molecule has 1 amide bonds. The molecule has 0 saturated carbocycles. The van der Waals surface area contributed by atoms with Gasteiger partial charge in [-0.2, -0.15) is 18.3 Å². The molecule has 0 saturated heterocycles. The number of nitro benzene ring substituents is 1. The van der Waals surface area contributed by atoms with Crippen molar-refractivity contribution in [2.24, 2.45) is 0 Å². The Hall–Kier alpha value is -4.33. The maximum Gasteiger partial charge on any atom is 0.416 e. The number of rotatable bonds is 6. The Kier molecular flexibility index (Phi) is 5.98. The fourth-order valence-electron chi connectivity index (χ4n) is 2.98. The SMILES string of the molecule is O=C(COC(=O)c1cc2cc([N+](=O)[O-])ccc2s1)Nc1cc(C(F)(F)F)ccc1-n1cncn1. The summed E-state index contributed by atoms with van der Waals surface area (Å²) < 4.78 is 46.1. The standard InChI is InChI=1S/C20H12F3N5O5S/c21-20(22,23)12-1-3-15(27-10-24-9-25-27)14(7-12)26-18(29)8-33-19(30)17-6-11-5-13(28(31)32)2-4-16(11)34-17/h1-7,9-10H,8H2,(H,26,29). The summed E-state index contributed by atoms with van der Waals surface area (Å²) in [6, 6.07) is 8.16. The lowest BCUT2D eigenvalue weighted by Crippen LogP contribution is -2.22. The van der Waals surface area contributed by atoms with Crippen molar-refractivity contribution in [1.29, 1.82) is 0 Å². The number of carbonyl (C=O) groups excluding carboxylic acids is 2. The minimum Gasteiger partial charge on any atom is -0.451 e. The van der Waals surface area contributed by atoms with Crippen LogP contribution in [0.15, 0.2) is 55.1 Å². The van der Waals surface area contributed by atoms with Crippen molar-refractivity contribution >= 4 is 44.7 Å². The van der Waals surface area contributed by atoms with E-state index in [1.54, 1.807) is 0 Å². The minimum absolute atomic E-state index is 0.102. The number of alkyl halides is 3. The monoisotopic (exact) mass is 491 g/mol. The van der Waals surface area contributed by atoms with Gasteiger partial charge in [-0.05, 0) is 30.3 Å². The molecule has 2 aromatic heterocycles. The summed E-state index contributed by atoms with van der Waals surface area (Å²) in [6.07, 6.45) is -2.24. The summed E-state index contributed by atoms with van der Waals surface area (Å²) in [5.41, 5.74) is -1.23. The first kappa shape index (κ1) is 22.8. The number of anilines is 1. The summed E-state index contributed by atoms with van der Waals surface area (Å²) in [5.74, 6) is -1.75. The van der Waals surface area contributed by atoms with Crippen molar-refractivity contribution in [2.75, 3.05) is 11.9 Å². The number of hydrogen-bond donors (Lipinski definition) is 1. The summed E-state index contributed by atoms with van der Waals surface area (Å²) in [5, 5.41) is 17.5. The number of amides is 1. The molecule has 0 spiro atoms. The maximum atomic E-state index is 13.1. The molecule has 4 aromatic rings. The van der Waals surface area contributed by atoms with Crippen LogP contribution in [0.25, 0.3) is 15.8 Å². The van der Waals surface area contributed by atoms with Crippen molar-refractivity contribution in [3.8, 4) is 5.69 Å². The van der Waals surface area contributed by atoms with Crippen LogP contribution in [-0.2, 0) is 15.7 Å². The Morgan fingerprint density at radius 2 is 1.97 bits per heavy atom. The molecular formula is C20H12F3N5O5S. The van der Waals surface area contributed by atoms with Crippen molar-refractivity contribution in [1.82, 2.24) is 14.8 Å². The van der Waals surface area contributed by atoms with Gasteiger partial charge in [-0.15, -0.1) is 11.3 Å². The molecule has 0 aliphatic rings. The largest absolute Gasteiger partial charge is 0.451 e. The molecule has 10 nitrogen and oxygen atoms in total. The molecule has 0 bridgehead atoms. The van der Waals surface area contributed by atoms with E-state index in [1.165, 1.54) is 36.9 Å². The van der Waals surface area contributed by atoms with E-state index in [1.807, 2.05) is 0 Å². The van der Waals surface area contributed by atoms with Gasteiger partial charge < -0.3 is 10.1 Å². The lowest BCUT2D eigenvalue weighted by molar-refractivity contribution is -0.384. The van der Waals surface area contributed by atoms with Crippen LogP contribution in [0, 0.1) is 10.1 Å². The lowest BCUT2D eigenvalue weighted by atomic mass is 10.1. The molecule has 4 rings (SSSR count). The average molecular weight is 491 g/mol. The predicted molar refractivity (Wildman–Crippen MR) is 114 cm³/mol. The zero-order valence-electron chi connectivity index (χ0n) is 16.8. The lowest BCUT2D eigenvalue weighted by Gasteiger charge is -2.14. The molecule has 34 heavy (non-hydrogen) atoms. The van der Waals surface area contributed by atoms with Gasteiger partial charge in [-0.3, -0.25) is 14.9 Å². The Balaban J connectivity index is 1.48. The molecule has 0 aliphatic heterocycles. The topological polar surface area (TPSA) is 129 Å². The number of carbonyl (C=O) groups is 2. The van der Waals surface area contributed by atoms with E-state index >= 15 is 0 Å².